The molecule has 3 rings (SSSR count). The molecule has 1 amide bonds. The van der Waals surface area contributed by atoms with E-state index in [4.69, 9.17) is 10.2 Å². The van der Waals surface area contributed by atoms with Crippen LogP contribution in [0.25, 0.3) is 17.3 Å². The molecule has 3 aromatic rings. The van der Waals surface area contributed by atoms with Crippen LogP contribution in [0.2, 0.25) is 0 Å². The first-order valence-corrected chi connectivity index (χ1v) is 9.00. The Morgan fingerprint density at radius 2 is 1.78 bits per heavy atom. The lowest BCUT2D eigenvalue weighted by Gasteiger charge is -2.01. The summed E-state index contributed by atoms with van der Waals surface area (Å²) in [6.07, 6.45) is 5.79. The monoisotopic (exact) mass is 361 g/mol. The molecule has 0 bridgehead atoms. The van der Waals surface area contributed by atoms with Crippen molar-refractivity contribution in [2.45, 2.75) is 13.0 Å². The number of aliphatic hydroxyl groups excluding tert-OH is 1. The smallest absolute Gasteiger partial charge is 0.244 e. The number of aromatic nitrogens is 2. The first-order valence-electron chi connectivity index (χ1n) is 9.00. The third-order valence-electron chi connectivity index (χ3n) is 4.07. The predicted molar refractivity (Wildman–Crippen MR) is 107 cm³/mol. The van der Waals surface area contributed by atoms with Gasteiger partial charge in [-0.15, -0.1) is 0 Å². The van der Waals surface area contributed by atoms with E-state index in [1.807, 2.05) is 59.4 Å². The Labute approximate surface area is 159 Å². The number of nitrogens with one attached hydrogen (secondary N) is 1. The molecular formula is C22H23N3O2. The van der Waals surface area contributed by atoms with Gasteiger partial charge in [-0.25, -0.2) is 0 Å². The summed E-state index contributed by atoms with van der Waals surface area (Å²) in [5.74, 6) is -0.182. The summed E-state index contributed by atoms with van der Waals surface area (Å²) in [6.45, 7) is 1.18. The van der Waals surface area contributed by atoms with E-state index in [1.54, 1.807) is 6.08 Å². The summed E-state index contributed by atoms with van der Waals surface area (Å²) in [4.78, 5) is 11.9. The van der Waals surface area contributed by atoms with Crippen molar-refractivity contribution >= 4 is 12.0 Å². The summed E-state index contributed by atoms with van der Waals surface area (Å²) < 4.78 is 1.89. The maximum absolute atomic E-state index is 11.9. The molecule has 0 radical (unpaired) electrons. The third-order valence-corrected chi connectivity index (χ3v) is 4.07. The summed E-state index contributed by atoms with van der Waals surface area (Å²) in [5, 5.41) is 16.3. The highest BCUT2D eigenvalue weighted by Crippen LogP contribution is 2.23. The predicted octanol–water partition coefficient (Wildman–Crippen LogP) is 3.11. The van der Waals surface area contributed by atoms with Crippen LogP contribution in [0.15, 0.2) is 72.9 Å². The Kier molecular flexibility index (Phi) is 6.55. The largest absolute Gasteiger partial charge is 0.396 e. The molecule has 0 atom stereocenters. The van der Waals surface area contributed by atoms with Crippen LogP contribution in [0.3, 0.4) is 0 Å². The molecule has 0 saturated heterocycles. The average Bonchev–Trinajstić information content (AvgIpc) is 3.11. The molecule has 5 nitrogen and oxygen atoms in total. The Morgan fingerprint density at radius 1 is 1.07 bits per heavy atom. The molecule has 2 N–H and O–H groups in total. The number of amides is 1. The third kappa shape index (κ3) is 5.39. The molecule has 0 unspecified atom stereocenters. The Balaban J connectivity index is 1.83. The maximum Gasteiger partial charge on any atom is 0.244 e. The van der Waals surface area contributed by atoms with Crippen molar-refractivity contribution in [1.29, 1.82) is 0 Å². The zero-order chi connectivity index (χ0) is 18.9. The Bertz CT molecular complexity index is 886. The first-order chi connectivity index (χ1) is 13.3. The Hall–Kier alpha value is -3.18. The minimum Gasteiger partial charge on any atom is -0.396 e. The lowest BCUT2D eigenvalue weighted by atomic mass is 10.1. The summed E-state index contributed by atoms with van der Waals surface area (Å²) in [7, 11) is 0. The van der Waals surface area contributed by atoms with Crippen molar-refractivity contribution in [3.05, 3.63) is 84.1 Å². The number of nitrogens with zero attached hydrogens (tertiary/aromatic N) is 2. The standard InChI is InChI=1S/C22H23N3O2/c26-15-7-14-23-21(27)13-12-20-17-25(16-18-8-3-1-4-9-18)24-22(20)19-10-5-2-6-11-19/h1-6,8-13,17,26H,7,14-16H2,(H,23,27)/b13-12+. The van der Waals surface area contributed by atoms with E-state index in [9.17, 15) is 4.79 Å². The van der Waals surface area contributed by atoms with E-state index in [0.29, 0.717) is 19.5 Å². The van der Waals surface area contributed by atoms with Gasteiger partial charge in [0.05, 0.1) is 12.2 Å². The summed E-state index contributed by atoms with van der Waals surface area (Å²) in [6, 6.07) is 20.1. The topological polar surface area (TPSA) is 67.2 Å². The van der Waals surface area contributed by atoms with E-state index in [1.165, 1.54) is 6.08 Å². The van der Waals surface area contributed by atoms with Crippen LogP contribution in [-0.4, -0.2) is 33.9 Å². The van der Waals surface area contributed by atoms with Crippen LogP contribution in [0.4, 0.5) is 0 Å². The number of hydrogen-bond donors (Lipinski definition) is 2. The molecule has 5 heteroatoms. The van der Waals surface area contributed by atoms with Crippen LogP contribution in [0.5, 0.6) is 0 Å². The SMILES string of the molecule is O=C(/C=C/c1cn(Cc2ccccc2)nc1-c1ccccc1)NCCCO. The van der Waals surface area contributed by atoms with E-state index in [2.05, 4.69) is 17.4 Å². The van der Waals surface area contributed by atoms with Crippen LogP contribution in [-0.2, 0) is 11.3 Å². The van der Waals surface area contributed by atoms with Crippen molar-refractivity contribution in [2.75, 3.05) is 13.2 Å². The highest BCUT2D eigenvalue weighted by Gasteiger charge is 2.10. The molecule has 0 aliphatic carbocycles. The van der Waals surface area contributed by atoms with E-state index in [0.717, 1.165) is 22.4 Å². The Morgan fingerprint density at radius 3 is 2.48 bits per heavy atom. The fourth-order valence-corrected chi connectivity index (χ4v) is 2.75. The molecule has 138 valence electrons. The second-order valence-electron chi connectivity index (χ2n) is 6.18. The van der Waals surface area contributed by atoms with Crippen LogP contribution in [0, 0.1) is 0 Å². The van der Waals surface area contributed by atoms with Gasteiger partial charge in [-0.3, -0.25) is 9.48 Å². The lowest BCUT2D eigenvalue weighted by Crippen LogP contribution is -2.22. The highest BCUT2D eigenvalue weighted by molar-refractivity contribution is 5.92. The van der Waals surface area contributed by atoms with Gasteiger partial charge in [0.1, 0.15) is 0 Å². The average molecular weight is 361 g/mol. The molecule has 1 aromatic heterocycles. The van der Waals surface area contributed by atoms with Crippen molar-refractivity contribution in [3.63, 3.8) is 0 Å². The van der Waals surface area contributed by atoms with Gasteiger partial charge in [0, 0.05) is 36.6 Å². The molecule has 0 aliphatic heterocycles. The van der Waals surface area contributed by atoms with E-state index in [-0.39, 0.29) is 12.5 Å². The van der Waals surface area contributed by atoms with Crippen molar-refractivity contribution < 1.29 is 9.90 Å². The van der Waals surface area contributed by atoms with Gasteiger partial charge >= 0.3 is 0 Å². The second kappa shape index (κ2) is 9.50. The zero-order valence-electron chi connectivity index (χ0n) is 15.1. The fourth-order valence-electron chi connectivity index (χ4n) is 2.75. The van der Waals surface area contributed by atoms with Gasteiger partial charge < -0.3 is 10.4 Å². The van der Waals surface area contributed by atoms with Gasteiger partial charge in [-0.1, -0.05) is 60.7 Å². The molecule has 2 aromatic carbocycles. The first kappa shape index (κ1) is 18.6. The lowest BCUT2D eigenvalue weighted by molar-refractivity contribution is -0.116. The number of carbonyl (C=O) groups excluding carboxylic acids is 1. The molecular weight excluding hydrogens is 338 g/mol. The van der Waals surface area contributed by atoms with Crippen molar-refractivity contribution in [1.82, 2.24) is 15.1 Å². The van der Waals surface area contributed by atoms with E-state index < -0.39 is 0 Å². The minimum atomic E-state index is -0.182. The molecule has 0 spiro atoms. The highest BCUT2D eigenvalue weighted by atomic mass is 16.3. The molecule has 0 fully saturated rings. The second-order valence-corrected chi connectivity index (χ2v) is 6.18. The quantitative estimate of drug-likeness (QED) is 0.478. The van der Waals surface area contributed by atoms with Crippen LogP contribution in [0.1, 0.15) is 17.5 Å². The van der Waals surface area contributed by atoms with Crippen LogP contribution >= 0.6 is 0 Å². The van der Waals surface area contributed by atoms with Gasteiger partial charge in [-0.2, -0.15) is 5.10 Å². The molecule has 0 aliphatic rings. The number of hydrogen-bond acceptors (Lipinski definition) is 3. The van der Waals surface area contributed by atoms with Gasteiger partial charge in [0.25, 0.3) is 0 Å². The summed E-state index contributed by atoms with van der Waals surface area (Å²) in [5.41, 5.74) is 3.89. The number of rotatable bonds is 8. The summed E-state index contributed by atoms with van der Waals surface area (Å²) >= 11 is 0. The molecule has 0 saturated carbocycles. The number of aliphatic hydroxyl groups is 1. The van der Waals surface area contributed by atoms with Gasteiger partial charge in [0.2, 0.25) is 5.91 Å². The number of benzene rings is 2. The minimum absolute atomic E-state index is 0.0639. The van der Waals surface area contributed by atoms with Crippen LogP contribution < -0.4 is 5.32 Å². The number of carbonyl (C=O) groups is 1. The van der Waals surface area contributed by atoms with E-state index >= 15 is 0 Å². The normalized spacial score (nSPS) is 11.0. The van der Waals surface area contributed by atoms with Gasteiger partial charge in [0.15, 0.2) is 0 Å². The van der Waals surface area contributed by atoms with Crippen molar-refractivity contribution in [2.24, 2.45) is 0 Å². The van der Waals surface area contributed by atoms with Gasteiger partial charge in [-0.05, 0) is 18.1 Å². The molecule has 1 heterocycles. The fraction of sp³-hybridized carbons (Fsp3) is 0.182. The molecule has 27 heavy (non-hydrogen) atoms. The zero-order valence-corrected chi connectivity index (χ0v) is 15.1. The maximum atomic E-state index is 11.9. The van der Waals surface area contributed by atoms with Crippen molar-refractivity contribution in [3.8, 4) is 11.3 Å².